The smallest absolute Gasteiger partial charge is 0.0637 e. The molecule has 1 heterocycles. The molecule has 1 saturated heterocycles. The minimum atomic E-state index is 0.694. The molecule has 2 rings (SSSR count). The van der Waals surface area contributed by atoms with Crippen LogP contribution in [0.15, 0.2) is 24.3 Å². The van der Waals surface area contributed by atoms with E-state index in [0.29, 0.717) is 6.04 Å². The van der Waals surface area contributed by atoms with E-state index in [9.17, 15) is 0 Å². The van der Waals surface area contributed by atoms with Gasteiger partial charge in [0, 0.05) is 12.6 Å². The van der Waals surface area contributed by atoms with E-state index in [2.05, 4.69) is 10.6 Å². The number of rotatable bonds is 4. The maximum atomic E-state index is 6.04. The van der Waals surface area contributed by atoms with Gasteiger partial charge in [-0.2, -0.15) is 0 Å². The number of nitrogens with one attached hydrogen (secondary N) is 2. The van der Waals surface area contributed by atoms with Gasteiger partial charge in [0.15, 0.2) is 0 Å². The molecule has 0 saturated carbocycles. The van der Waals surface area contributed by atoms with E-state index in [0.717, 1.165) is 17.3 Å². The Morgan fingerprint density at radius 1 is 1.40 bits per heavy atom. The predicted octanol–water partition coefficient (Wildman–Crippen LogP) is 2.89. The number of benzene rings is 1. The Labute approximate surface area is 96.0 Å². The van der Waals surface area contributed by atoms with E-state index in [4.69, 9.17) is 11.6 Å². The molecule has 2 N–H and O–H groups in total. The van der Waals surface area contributed by atoms with E-state index in [-0.39, 0.29) is 0 Å². The molecule has 0 aromatic heterocycles. The summed E-state index contributed by atoms with van der Waals surface area (Å²) in [6, 6.07) is 8.58. The fourth-order valence-electron chi connectivity index (χ4n) is 1.99. The monoisotopic (exact) mass is 224 g/mol. The standard InChI is InChI=1S/C12H17ClN2/c13-11-5-1-2-6-12(11)15-9-7-10-4-3-8-14-10/h1-2,5-6,10,14-15H,3-4,7-9H2. The van der Waals surface area contributed by atoms with Crippen LogP contribution in [0, 0.1) is 0 Å². The number of hydrogen-bond donors (Lipinski definition) is 2. The van der Waals surface area contributed by atoms with Gasteiger partial charge in [0.25, 0.3) is 0 Å². The molecule has 0 amide bonds. The van der Waals surface area contributed by atoms with Crippen molar-refractivity contribution in [2.75, 3.05) is 18.4 Å². The second-order valence-electron chi connectivity index (χ2n) is 3.99. The van der Waals surface area contributed by atoms with Crippen LogP contribution < -0.4 is 10.6 Å². The lowest BCUT2D eigenvalue weighted by atomic mass is 10.1. The highest BCUT2D eigenvalue weighted by atomic mass is 35.5. The van der Waals surface area contributed by atoms with E-state index in [1.54, 1.807) is 0 Å². The lowest BCUT2D eigenvalue weighted by molar-refractivity contribution is 0.574. The third-order valence-electron chi connectivity index (χ3n) is 2.84. The molecule has 1 aromatic rings. The molecule has 1 fully saturated rings. The van der Waals surface area contributed by atoms with E-state index in [1.807, 2.05) is 24.3 Å². The zero-order chi connectivity index (χ0) is 10.5. The first-order chi connectivity index (χ1) is 7.36. The van der Waals surface area contributed by atoms with Crippen LogP contribution in [0.5, 0.6) is 0 Å². The van der Waals surface area contributed by atoms with Crippen LogP contribution in [-0.4, -0.2) is 19.1 Å². The van der Waals surface area contributed by atoms with Gasteiger partial charge in [-0.15, -0.1) is 0 Å². The quantitative estimate of drug-likeness (QED) is 0.822. The highest BCUT2D eigenvalue weighted by Gasteiger charge is 2.12. The second kappa shape index (κ2) is 5.38. The summed E-state index contributed by atoms with van der Waals surface area (Å²) in [4.78, 5) is 0. The third kappa shape index (κ3) is 3.11. The second-order valence-corrected chi connectivity index (χ2v) is 4.40. The van der Waals surface area contributed by atoms with Crippen LogP contribution in [-0.2, 0) is 0 Å². The van der Waals surface area contributed by atoms with Crippen molar-refractivity contribution < 1.29 is 0 Å². The molecule has 1 aromatic carbocycles. The van der Waals surface area contributed by atoms with Gasteiger partial charge in [-0.25, -0.2) is 0 Å². The fourth-order valence-corrected chi connectivity index (χ4v) is 2.19. The van der Waals surface area contributed by atoms with Crippen molar-refractivity contribution in [1.82, 2.24) is 5.32 Å². The summed E-state index contributed by atoms with van der Waals surface area (Å²) in [5.74, 6) is 0. The molecule has 1 aliphatic rings. The molecular weight excluding hydrogens is 208 g/mol. The van der Waals surface area contributed by atoms with E-state index < -0.39 is 0 Å². The molecule has 82 valence electrons. The highest BCUT2D eigenvalue weighted by molar-refractivity contribution is 6.33. The number of anilines is 1. The van der Waals surface area contributed by atoms with E-state index >= 15 is 0 Å². The Hall–Kier alpha value is -0.730. The Balaban J connectivity index is 1.75. The van der Waals surface area contributed by atoms with Gasteiger partial charge in [-0.1, -0.05) is 23.7 Å². The van der Waals surface area contributed by atoms with Crippen LogP contribution in [0.2, 0.25) is 5.02 Å². The third-order valence-corrected chi connectivity index (χ3v) is 3.17. The number of hydrogen-bond acceptors (Lipinski definition) is 2. The van der Waals surface area contributed by atoms with Crippen molar-refractivity contribution in [3.8, 4) is 0 Å². The summed E-state index contributed by atoms with van der Waals surface area (Å²) in [5.41, 5.74) is 1.04. The van der Waals surface area contributed by atoms with Crippen molar-refractivity contribution in [3.63, 3.8) is 0 Å². The average Bonchev–Trinajstić information content (AvgIpc) is 2.74. The van der Waals surface area contributed by atoms with Crippen molar-refractivity contribution in [3.05, 3.63) is 29.3 Å². The van der Waals surface area contributed by atoms with Crippen molar-refractivity contribution in [2.45, 2.75) is 25.3 Å². The molecule has 1 aliphatic heterocycles. The van der Waals surface area contributed by atoms with Gasteiger partial charge in [0.2, 0.25) is 0 Å². The largest absolute Gasteiger partial charge is 0.384 e. The molecular formula is C12H17ClN2. The van der Waals surface area contributed by atoms with Crippen LogP contribution in [0.25, 0.3) is 0 Å². The minimum absolute atomic E-state index is 0.694. The maximum absolute atomic E-state index is 6.04. The predicted molar refractivity (Wildman–Crippen MR) is 65.6 cm³/mol. The van der Waals surface area contributed by atoms with Crippen LogP contribution in [0.1, 0.15) is 19.3 Å². The number of para-hydroxylation sites is 1. The van der Waals surface area contributed by atoms with Crippen molar-refractivity contribution >= 4 is 17.3 Å². The maximum Gasteiger partial charge on any atom is 0.0637 e. The molecule has 1 unspecified atom stereocenters. The zero-order valence-corrected chi connectivity index (χ0v) is 9.56. The summed E-state index contributed by atoms with van der Waals surface area (Å²) >= 11 is 6.04. The van der Waals surface area contributed by atoms with Crippen molar-refractivity contribution in [2.24, 2.45) is 0 Å². The molecule has 0 aliphatic carbocycles. The molecule has 0 bridgehead atoms. The molecule has 0 spiro atoms. The summed E-state index contributed by atoms with van der Waals surface area (Å²) in [7, 11) is 0. The Bertz CT molecular complexity index is 308. The highest BCUT2D eigenvalue weighted by Crippen LogP contribution is 2.20. The summed E-state index contributed by atoms with van der Waals surface area (Å²) in [6.45, 7) is 2.16. The Morgan fingerprint density at radius 3 is 3.00 bits per heavy atom. The van der Waals surface area contributed by atoms with Gasteiger partial charge in [-0.05, 0) is 37.9 Å². The minimum Gasteiger partial charge on any atom is -0.384 e. The first-order valence-corrected chi connectivity index (χ1v) is 5.96. The summed E-state index contributed by atoms with van der Waals surface area (Å²) in [5, 5.41) is 7.66. The lowest BCUT2D eigenvalue weighted by Gasteiger charge is -2.12. The van der Waals surface area contributed by atoms with Gasteiger partial charge in [0.05, 0.1) is 10.7 Å². The molecule has 15 heavy (non-hydrogen) atoms. The zero-order valence-electron chi connectivity index (χ0n) is 8.80. The topological polar surface area (TPSA) is 24.1 Å². The molecule has 1 atom stereocenters. The SMILES string of the molecule is Clc1ccccc1NCCC1CCCN1. The fraction of sp³-hybridized carbons (Fsp3) is 0.500. The van der Waals surface area contributed by atoms with E-state index in [1.165, 1.54) is 25.8 Å². The molecule has 2 nitrogen and oxygen atoms in total. The lowest BCUT2D eigenvalue weighted by Crippen LogP contribution is -2.24. The normalized spacial score (nSPS) is 20.5. The summed E-state index contributed by atoms with van der Waals surface area (Å²) in [6.07, 6.45) is 3.80. The van der Waals surface area contributed by atoms with Crippen LogP contribution >= 0.6 is 11.6 Å². The van der Waals surface area contributed by atoms with Crippen molar-refractivity contribution in [1.29, 1.82) is 0 Å². The summed E-state index contributed by atoms with van der Waals surface area (Å²) < 4.78 is 0. The molecule has 0 radical (unpaired) electrons. The first kappa shape index (κ1) is 10.8. The van der Waals surface area contributed by atoms with Gasteiger partial charge in [0.1, 0.15) is 0 Å². The molecule has 3 heteroatoms. The van der Waals surface area contributed by atoms with Gasteiger partial charge in [-0.3, -0.25) is 0 Å². The number of halogens is 1. The Morgan fingerprint density at radius 2 is 2.27 bits per heavy atom. The first-order valence-electron chi connectivity index (χ1n) is 5.58. The van der Waals surface area contributed by atoms with Crippen LogP contribution in [0.4, 0.5) is 5.69 Å². The average molecular weight is 225 g/mol. The van der Waals surface area contributed by atoms with Gasteiger partial charge >= 0.3 is 0 Å². The Kier molecular flexibility index (Phi) is 3.87. The van der Waals surface area contributed by atoms with Gasteiger partial charge < -0.3 is 10.6 Å². The van der Waals surface area contributed by atoms with Crippen LogP contribution in [0.3, 0.4) is 0 Å².